The van der Waals surface area contributed by atoms with Crippen LogP contribution in [0.4, 0.5) is 5.69 Å². The third-order valence-corrected chi connectivity index (χ3v) is 2.50. The number of nitrogens with zero attached hydrogens (tertiary/aromatic N) is 1. The van der Waals surface area contributed by atoms with Crippen molar-refractivity contribution in [3.8, 4) is 0 Å². The minimum absolute atomic E-state index is 0.127. The van der Waals surface area contributed by atoms with Crippen molar-refractivity contribution in [2.24, 2.45) is 0 Å². The highest BCUT2D eigenvalue weighted by Gasteiger charge is 2.24. The van der Waals surface area contributed by atoms with Crippen LogP contribution in [0.15, 0.2) is 29.8 Å². The normalized spacial score (nSPS) is 14.4. The molecule has 2 amide bonds. The summed E-state index contributed by atoms with van der Waals surface area (Å²) in [6, 6.07) is 7.58. The molecular weight excluding hydrogens is 218 g/mol. The van der Waals surface area contributed by atoms with E-state index < -0.39 is 11.8 Å². The number of hydrogen-bond acceptors (Lipinski definition) is 3. The molecule has 0 spiro atoms. The Morgan fingerprint density at radius 1 is 1.00 bits per heavy atom. The monoisotopic (exact) mass is 231 g/mol. The summed E-state index contributed by atoms with van der Waals surface area (Å²) in [7, 11) is 3.90. The Morgan fingerprint density at radius 2 is 1.53 bits per heavy atom. The number of hydrazine groups is 1. The quantitative estimate of drug-likeness (QED) is 0.568. The molecule has 2 rings (SSSR count). The van der Waals surface area contributed by atoms with Gasteiger partial charge in [-0.05, 0) is 23.8 Å². The maximum Gasteiger partial charge on any atom is 0.275 e. The maximum absolute atomic E-state index is 11.3. The lowest BCUT2D eigenvalue weighted by atomic mass is 10.1. The van der Waals surface area contributed by atoms with Crippen molar-refractivity contribution in [3.63, 3.8) is 0 Å². The van der Waals surface area contributed by atoms with Crippen LogP contribution in [0.2, 0.25) is 0 Å². The molecular formula is C12H13N3O2. The van der Waals surface area contributed by atoms with Gasteiger partial charge in [0.25, 0.3) is 11.8 Å². The highest BCUT2D eigenvalue weighted by Crippen LogP contribution is 2.15. The summed E-state index contributed by atoms with van der Waals surface area (Å²) >= 11 is 0. The van der Waals surface area contributed by atoms with Crippen molar-refractivity contribution in [2.45, 2.75) is 0 Å². The first-order chi connectivity index (χ1) is 8.08. The molecule has 2 N–H and O–H groups in total. The number of rotatable bonds is 2. The van der Waals surface area contributed by atoms with Crippen LogP contribution >= 0.6 is 0 Å². The van der Waals surface area contributed by atoms with E-state index in [0.717, 1.165) is 11.3 Å². The molecule has 1 aliphatic heterocycles. The Hall–Kier alpha value is -2.30. The first-order valence-electron chi connectivity index (χ1n) is 5.17. The van der Waals surface area contributed by atoms with Gasteiger partial charge in [0.1, 0.15) is 5.57 Å². The molecule has 0 radical (unpaired) electrons. The zero-order chi connectivity index (χ0) is 12.4. The molecule has 17 heavy (non-hydrogen) atoms. The molecule has 1 heterocycles. The average molecular weight is 231 g/mol. The van der Waals surface area contributed by atoms with Gasteiger partial charge in [-0.3, -0.25) is 20.4 Å². The Balaban J connectivity index is 2.27. The molecule has 1 fully saturated rings. The molecule has 88 valence electrons. The molecule has 0 aliphatic carbocycles. The fraction of sp³-hybridized carbons (Fsp3) is 0.167. The van der Waals surface area contributed by atoms with E-state index in [1.807, 2.05) is 43.3 Å². The summed E-state index contributed by atoms with van der Waals surface area (Å²) in [5.41, 5.74) is 6.52. The maximum atomic E-state index is 11.3. The molecule has 1 saturated heterocycles. The zero-order valence-corrected chi connectivity index (χ0v) is 9.65. The van der Waals surface area contributed by atoms with Gasteiger partial charge in [-0.2, -0.15) is 0 Å². The molecule has 1 aliphatic rings. The third kappa shape index (κ3) is 2.28. The van der Waals surface area contributed by atoms with Crippen LogP contribution in [0.3, 0.4) is 0 Å². The van der Waals surface area contributed by atoms with Crippen molar-refractivity contribution in [2.75, 3.05) is 19.0 Å². The van der Waals surface area contributed by atoms with Crippen molar-refractivity contribution in [1.82, 2.24) is 10.9 Å². The van der Waals surface area contributed by atoms with E-state index in [4.69, 9.17) is 0 Å². The Labute approximate surface area is 99.1 Å². The molecule has 0 bridgehead atoms. The lowest BCUT2D eigenvalue weighted by Crippen LogP contribution is -2.28. The molecule has 1 aromatic carbocycles. The van der Waals surface area contributed by atoms with Crippen LogP contribution in [-0.4, -0.2) is 25.9 Å². The van der Waals surface area contributed by atoms with Crippen LogP contribution in [0.1, 0.15) is 5.56 Å². The first kappa shape index (κ1) is 11.2. The Kier molecular flexibility index (Phi) is 2.82. The largest absolute Gasteiger partial charge is 0.378 e. The fourth-order valence-electron chi connectivity index (χ4n) is 1.52. The number of anilines is 1. The average Bonchev–Trinajstić information content (AvgIpc) is 2.61. The van der Waals surface area contributed by atoms with Crippen molar-refractivity contribution in [1.29, 1.82) is 0 Å². The molecule has 5 heteroatoms. The van der Waals surface area contributed by atoms with Crippen LogP contribution in [0.25, 0.3) is 6.08 Å². The summed E-state index contributed by atoms with van der Waals surface area (Å²) in [4.78, 5) is 24.6. The SMILES string of the molecule is CN(C)c1ccc(C=C2C(=O)NNC2=O)cc1. The van der Waals surface area contributed by atoms with Gasteiger partial charge in [0.15, 0.2) is 0 Å². The smallest absolute Gasteiger partial charge is 0.275 e. The lowest BCUT2D eigenvalue weighted by Gasteiger charge is -2.11. The van der Waals surface area contributed by atoms with E-state index in [-0.39, 0.29) is 5.57 Å². The second-order valence-electron chi connectivity index (χ2n) is 3.95. The van der Waals surface area contributed by atoms with E-state index >= 15 is 0 Å². The van der Waals surface area contributed by atoms with Gasteiger partial charge in [0.05, 0.1) is 0 Å². The second-order valence-corrected chi connectivity index (χ2v) is 3.95. The van der Waals surface area contributed by atoms with Gasteiger partial charge in [0, 0.05) is 19.8 Å². The molecule has 0 atom stereocenters. The van der Waals surface area contributed by atoms with Crippen molar-refractivity contribution in [3.05, 3.63) is 35.4 Å². The van der Waals surface area contributed by atoms with Crippen LogP contribution in [-0.2, 0) is 9.59 Å². The number of nitrogens with one attached hydrogen (secondary N) is 2. The van der Waals surface area contributed by atoms with Crippen LogP contribution in [0.5, 0.6) is 0 Å². The van der Waals surface area contributed by atoms with Crippen molar-refractivity contribution < 1.29 is 9.59 Å². The number of benzene rings is 1. The van der Waals surface area contributed by atoms with Gasteiger partial charge in [-0.25, -0.2) is 0 Å². The summed E-state index contributed by atoms with van der Waals surface area (Å²) in [6.45, 7) is 0. The summed E-state index contributed by atoms with van der Waals surface area (Å²) < 4.78 is 0. The van der Waals surface area contributed by atoms with Crippen molar-refractivity contribution >= 4 is 23.6 Å². The minimum atomic E-state index is -0.397. The molecule has 5 nitrogen and oxygen atoms in total. The lowest BCUT2D eigenvalue weighted by molar-refractivity contribution is -0.117. The van der Waals surface area contributed by atoms with Gasteiger partial charge < -0.3 is 4.90 Å². The number of carbonyl (C=O) groups excluding carboxylic acids is 2. The minimum Gasteiger partial charge on any atom is -0.378 e. The van der Waals surface area contributed by atoms with Gasteiger partial charge >= 0.3 is 0 Å². The van der Waals surface area contributed by atoms with E-state index in [9.17, 15) is 9.59 Å². The predicted octanol–water partition coefficient (Wildman–Crippen LogP) is 0.297. The predicted molar refractivity (Wildman–Crippen MR) is 65.0 cm³/mol. The molecule has 1 aromatic rings. The van der Waals surface area contributed by atoms with E-state index in [2.05, 4.69) is 10.9 Å². The third-order valence-electron chi connectivity index (χ3n) is 2.50. The summed E-state index contributed by atoms with van der Waals surface area (Å²) in [5.74, 6) is -0.793. The van der Waals surface area contributed by atoms with Gasteiger partial charge in [0.2, 0.25) is 0 Å². The van der Waals surface area contributed by atoms with E-state index in [1.165, 1.54) is 0 Å². The summed E-state index contributed by atoms with van der Waals surface area (Å²) in [5, 5.41) is 0. The van der Waals surface area contributed by atoms with E-state index in [1.54, 1.807) is 6.08 Å². The first-order valence-corrected chi connectivity index (χ1v) is 5.17. The molecule has 0 aromatic heterocycles. The number of amides is 2. The highest BCUT2D eigenvalue weighted by atomic mass is 16.2. The topological polar surface area (TPSA) is 61.4 Å². The van der Waals surface area contributed by atoms with E-state index in [0.29, 0.717) is 0 Å². The molecule has 0 saturated carbocycles. The zero-order valence-electron chi connectivity index (χ0n) is 9.65. The highest BCUT2D eigenvalue weighted by molar-refractivity contribution is 6.25. The number of carbonyl (C=O) groups is 2. The van der Waals surface area contributed by atoms with Gasteiger partial charge in [-0.1, -0.05) is 12.1 Å². The summed E-state index contributed by atoms with van der Waals surface area (Å²) in [6.07, 6.45) is 1.57. The Bertz CT molecular complexity index is 471. The van der Waals surface area contributed by atoms with Crippen LogP contribution in [0, 0.1) is 0 Å². The Morgan fingerprint density at radius 3 is 2.00 bits per heavy atom. The van der Waals surface area contributed by atoms with Gasteiger partial charge in [-0.15, -0.1) is 0 Å². The fourth-order valence-corrected chi connectivity index (χ4v) is 1.52. The molecule has 0 unspecified atom stereocenters. The number of hydrogen-bond donors (Lipinski definition) is 2. The standard InChI is InChI=1S/C12H13N3O2/c1-15(2)9-5-3-8(4-6-9)7-10-11(16)13-14-12(10)17/h3-7H,1-2H3,(H,13,16)(H,14,17). The van der Waals surface area contributed by atoms with Crippen LogP contribution < -0.4 is 15.8 Å². The second kappa shape index (κ2) is 4.29.